The number of rotatable bonds is 9. The zero-order valence-electron chi connectivity index (χ0n) is 14.1. The molecule has 0 unspecified atom stereocenters. The first-order valence-electron chi connectivity index (χ1n) is 8.21. The molecule has 2 rings (SSSR count). The molecule has 1 N–H and O–H groups in total. The van der Waals surface area contributed by atoms with Crippen molar-refractivity contribution in [1.82, 2.24) is 4.98 Å². The van der Waals surface area contributed by atoms with Crippen molar-refractivity contribution in [1.29, 1.82) is 0 Å². The van der Waals surface area contributed by atoms with E-state index >= 15 is 0 Å². The molecular weight excluding hydrogens is 335 g/mol. The van der Waals surface area contributed by atoms with Crippen LogP contribution in [0, 0.1) is 6.92 Å². The molecule has 0 fully saturated rings. The van der Waals surface area contributed by atoms with Crippen molar-refractivity contribution >= 4 is 10.9 Å². The van der Waals surface area contributed by atoms with E-state index in [1.54, 1.807) is 13.0 Å². The average Bonchev–Trinajstić information content (AvgIpc) is 2.56. The zero-order chi connectivity index (χ0) is 18.3. The molecule has 0 saturated carbocycles. The van der Waals surface area contributed by atoms with E-state index in [1.165, 1.54) is 0 Å². The summed E-state index contributed by atoms with van der Waals surface area (Å²) in [5.41, 5.74) is 2.14. The second kappa shape index (κ2) is 9.01. The van der Waals surface area contributed by atoms with Crippen molar-refractivity contribution in [2.24, 2.45) is 0 Å². The highest BCUT2D eigenvalue weighted by Crippen LogP contribution is 2.19. The fourth-order valence-corrected chi connectivity index (χ4v) is 2.40. The van der Waals surface area contributed by atoms with E-state index < -0.39 is 12.6 Å². The molecule has 0 radical (unpaired) electrons. The smallest absolute Gasteiger partial charge is 0.381 e. The molecule has 7 heteroatoms. The third-order valence-corrected chi connectivity index (χ3v) is 3.85. The van der Waals surface area contributed by atoms with Gasteiger partial charge < -0.3 is 14.5 Å². The second-order valence-corrected chi connectivity index (χ2v) is 5.84. The van der Waals surface area contributed by atoms with Crippen LogP contribution in [-0.4, -0.2) is 31.0 Å². The maximum absolute atomic E-state index is 12.3. The number of hydrogen-bond acceptors (Lipinski definition) is 3. The summed E-state index contributed by atoms with van der Waals surface area (Å²) in [5, 5.41) is 0.653. The molecule has 0 amide bonds. The van der Waals surface area contributed by atoms with E-state index in [-0.39, 0.29) is 18.6 Å². The maximum atomic E-state index is 12.3. The van der Waals surface area contributed by atoms with E-state index in [0.717, 1.165) is 11.2 Å². The molecule has 0 bridgehead atoms. The highest BCUT2D eigenvalue weighted by atomic mass is 19.4. The molecule has 25 heavy (non-hydrogen) atoms. The predicted octanol–water partition coefficient (Wildman–Crippen LogP) is 4.10. The largest absolute Gasteiger partial charge is 0.391 e. The van der Waals surface area contributed by atoms with Gasteiger partial charge in [0.2, 0.25) is 0 Å². The van der Waals surface area contributed by atoms with Gasteiger partial charge in [-0.2, -0.15) is 13.2 Å². The van der Waals surface area contributed by atoms with E-state index in [1.807, 2.05) is 18.2 Å². The number of aromatic amines is 1. The first-order valence-corrected chi connectivity index (χ1v) is 8.21. The molecular formula is C18H22F3NO3. The van der Waals surface area contributed by atoms with Crippen LogP contribution in [0.4, 0.5) is 13.2 Å². The molecule has 0 spiro atoms. The number of pyridine rings is 1. The van der Waals surface area contributed by atoms with Gasteiger partial charge in [-0.15, -0.1) is 0 Å². The molecule has 0 aliphatic carbocycles. The monoisotopic (exact) mass is 357 g/mol. The highest BCUT2D eigenvalue weighted by Gasteiger charge is 2.26. The van der Waals surface area contributed by atoms with E-state index in [4.69, 9.17) is 9.47 Å². The molecule has 4 nitrogen and oxygen atoms in total. The summed E-state index contributed by atoms with van der Waals surface area (Å²) in [6.07, 6.45) is -3.77. The molecule has 1 aromatic heterocycles. The Kier molecular flexibility index (Phi) is 7.01. The van der Waals surface area contributed by atoms with Gasteiger partial charge in [-0.05, 0) is 31.9 Å². The Bertz CT molecular complexity index is 740. The van der Waals surface area contributed by atoms with Gasteiger partial charge in [0.15, 0.2) is 5.43 Å². The lowest BCUT2D eigenvalue weighted by molar-refractivity contribution is -0.145. The number of fused-ring (bicyclic) bond motifs is 1. The van der Waals surface area contributed by atoms with Crippen LogP contribution in [-0.2, 0) is 16.1 Å². The van der Waals surface area contributed by atoms with Gasteiger partial charge in [-0.1, -0.05) is 12.1 Å². The molecule has 0 saturated heterocycles. The summed E-state index contributed by atoms with van der Waals surface area (Å²) < 4.78 is 46.3. The van der Waals surface area contributed by atoms with Gasteiger partial charge in [0.1, 0.15) is 0 Å². The average molecular weight is 357 g/mol. The number of para-hydroxylation sites is 1. The fraction of sp³-hybridized carbons (Fsp3) is 0.500. The number of halogens is 3. The zero-order valence-corrected chi connectivity index (χ0v) is 14.1. The number of aromatic nitrogens is 1. The summed E-state index contributed by atoms with van der Waals surface area (Å²) >= 11 is 0. The van der Waals surface area contributed by atoms with Gasteiger partial charge in [-0.3, -0.25) is 4.79 Å². The molecule has 0 aliphatic heterocycles. The summed E-state index contributed by atoms with van der Waals surface area (Å²) in [5.74, 6) is 0. The number of alkyl halides is 3. The van der Waals surface area contributed by atoms with Crippen LogP contribution in [0.5, 0.6) is 0 Å². The summed E-state index contributed by atoms with van der Waals surface area (Å²) in [4.78, 5) is 15.5. The minimum atomic E-state index is -4.17. The Morgan fingerprint density at radius 2 is 1.72 bits per heavy atom. The summed E-state index contributed by atoms with van der Waals surface area (Å²) in [7, 11) is 0. The fourth-order valence-electron chi connectivity index (χ4n) is 2.40. The van der Waals surface area contributed by atoms with E-state index in [9.17, 15) is 18.0 Å². The van der Waals surface area contributed by atoms with Crippen LogP contribution < -0.4 is 5.43 Å². The molecule has 0 atom stereocenters. The number of H-pyrrole nitrogens is 1. The molecule has 1 aromatic carbocycles. The van der Waals surface area contributed by atoms with Crippen molar-refractivity contribution in [3.05, 3.63) is 45.7 Å². The van der Waals surface area contributed by atoms with Crippen LogP contribution >= 0.6 is 0 Å². The van der Waals surface area contributed by atoms with Crippen molar-refractivity contribution in [2.45, 2.75) is 39.0 Å². The van der Waals surface area contributed by atoms with Crippen molar-refractivity contribution in [3.63, 3.8) is 0 Å². The number of unbranched alkanes of at least 4 members (excludes halogenated alkanes) is 1. The van der Waals surface area contributed by atoms with Crippen LogP contribution in [0.15, 0.2) is 29.1 Å². The normalized spacial score (nSPS) is 12.0. The Morgan fingerprint density at radius 3 is 2.44 bits per heavy atom. The first-order chi connectivity index (χ1) is 11.9. The second-order valence-electron chi connectivity index (χ2n) is 5.84. The van der Waals surface area contributed by atoms with Gasteiger partial charge in [-0.25, -0.2) is 0 Å². The molecule has 2 aromatic rings. The summed E-state index contributed by atoms with van der Waals surface area (Å²) in [6, 6.07) is 7.31. The Balaban J connectivity index is 1.70. The van der Waals surface area contributed by atoms with Gasteiger partial charge >= 0.3 is 6.18 Å². The maximum Gasteiger partial charge on any atom is 0.391 e. The van der Waals surface area contributed by atoms with E-state index in [2.05, 4.69) is 4.98 Å². The quantitative estimate of drug-likeness (QED) is 0.688. The van der Waals surface area contributed by atoms with Gasteiger partial charge in [0.25, 0.3) is 0 Å². The molecule has 0 aliphatic rings. The lowest BCUT2D eigenvalue weighted by atomic mass is 10.1. The van der Waals surface area contributed by atoms with Crippen LogP contribution in [0.3, 0.4) is 0 Å². The summed E-state index contributed by atoms with van der Waals surface area (Å²) in [6.45, 7) is 2.49. The highest BCUT2D eigenvalue weighted by molar-refractivity contribution is 5.79. The Hall–Kier alpha value is -1.86. The lowest BCUT2D eigenvalue weighted by Gasteiger charge is -2.10. The third kappa shape index (κ3) is 6.17. The predicted molar refractivity (Wildman–Crippen MR) is 89.7 cm³/mol. The van der Waals surface area contributed by atoms with Gasteiger partial charge in [0.05, 0.1) is 19.6 Å². The van der Waals surface area contributed by atoms with Crippen molar-refractivity contribution in [3.8, 4) is 0 Å². The minimum Gasteiger partial charge on any atom is -0.381 e. The van der Waals surface area contributed by atoms with Crippen LogP contribution in [0.2, 0.25) is 0 Å². The number of nitrogens with one attached hydrogen (secondary N) is 1. The minimum absolute atomic E-state index is 0.00832. The standard InChI is InChI=1S/C18H22F3NO3/c1-13-16(22-15-7-3-2-6-14(15)17(13)23)12-25-10-5-4-9-24-11-8-18(19,20)21/h2-3,6-7H,4-5,8-12H2,1H3,(H,22,23). The first kappa shape index (κ1) is 19.5. The van der Waals surface area contributed by atoms with Crippen LogP contribution in [0.1, 0.15) is 30.5 Å². The SMILES string of the molecule is Cc1c(COCCCCOCCC(F)(F)F)[nH]c2ccccc2c1=O. The van der Waals surface area contributed by atoms with E-state index in [0.29, 0.717) is 37.0 Å². The Morgan fingerprint density at radius 1 is 1.04 bits per heavy atom. The van der Waals surface area contributed by atoms with Gasteiger partial charge in [0, 0.05) is 35.4 Å². The molecule has 1 heterocycles. The number of hydrogen-bond donors (Lipinski definition) is 1. The topological polar surface area (TPSA) is 51.3 Å². The number of benzene rings is 1. The lowest BCUT2D eigenvalue weighted by Crippen LogP contribution is -2.13. The third-order valence-electron chi connectivity index (χ3n) is 3.85. The van der Waals surface area contributed by atoms with Crippen molar-refractivity contribution in [2.75, 3.05) is 19.8 Å². The van der Waals surface area contributed by atoms with Crippen molar-refractivity contribution < 1.29 is 22.6 Å². The van der Waals surface area contributed by atoms with Crippen LogP contribution in [0.25, 0.3) is 10.9 Å². The Labute approximate surface area is 144 Å². The number of ether oxygens (including phenoxy) is 2. The molecule has 138 valence electrons.